The van der Waals surface area contributed by atoms with Crippen molar-refractivity contribution in [3.63, 3.8) is 0 Å². The fraction of sp³-hybridized carbons (Fsp3) is 0.238. The van der Waals surface area contributed by atoms with Crippen molar-refractivity contribution in [2.75, 3.05) is 6.54 Å². The molecule has 0 saturated heterocycles. The first-order chi connectivity index (χ1) is 13.4. The maximum absolute atomic E-state index is 12.5. The number of fused-ring (bicyclic) bond motifs is 1. The number of phenolic OH excluding ortho intramolecular Hbond substituents is 3. The molecular formula is C21H21N3O4. The van der Waals surface area contributed by atoms with Gasteiger partial charge in [0.2, 0.25) is 5.75 Å². The Bertz CT molecular complexity index is 1090. The van der Waals surface area contributed by atoms with Crippen molar-refractivity contribution in [2.24, 2.45) is 0 Å². The molecule has 4 rings (SSSR count). The number of aromatic hydroxyl groups is 3. The molecule has 7 heteroatoms. The second-order valence-corrected chi connectivity index (χ2v) is 7.11. The van der Waals surface area contributed by atoms with Crippen LogP contribution < -0.4 is 5.56 Å². The molecule has 0 spiro atoms. The van der Waals surface area contributed by atoms with Gasteiger partial charge in [-0.3, -0.25) is 9.69 Å². The van der Waals surface area contributed by atoms with Crippen LogP contribution in [0, 0.1) is 6.92 Å². The van der Waals surface area contributed by atoms with E-state index in [9.17, 15) is 20.1 Å². The van der Waals surface area contributed by atoms with Crippen molar-refractivity contribution < 1.29 is 15.3 Å². The molecule has 0 atom stereocenters. The van der Waals surface area contributed by atoms with Crippen molar-refractivity contribution in [2.45, 2.75) is 26.4 Å². The van der Waals surface area contributed by atoms with Crippen LogP contribution in [-0.2, 0) is 19.5 Å². The van der Waals surface area contributed by atoms with Crippen molar-refractivity contribution in [3.8, 4) is 28.6 Å². The van der Waals surface area contributed by atoms with Crippen LogP contribution in [0.2, 0.25) is 0 Å². The highest BCUT2D eigenvalue weighted by molar-refractivity contribution is 5.56. The molecule has 7 nitrogen and oxygen atoms in total. The largest absolute Gasteiger partial charge is 0.504 e. The maximum Gasteiger partial charge on any atom is 0.254 e. The van der Waals surface area contributed by atoms with Crippen LogP contribution in [-0.4, -0.2) is 36.7 Å². The molecule has 0 saturated carbocycles. The summed E-state index contributed by atoms with van der Waals surface area (Å²) in [5, 5.41) is 29.2. The van der Waals surface area contributed by atoms with E-state index in [1.165, 1.54) is 6.07 Å². The smallest absolute Gasteiger partial charge is 0.254 e. The number of benzene rings is 2. The lowest BCUT2D eigenvalue weighted by atomic mass is 10.0. The Morgan fingerprint density at radius 3 is 2.57 bits per heavy atom. The molecule has 0 amide bonds. The number of aromatic amines is 1. The molecule has 1 aliphatic heterocycles. The zero-order chi connectivity index (χ0) is 19.8. The first-order valence-electron chi connectivity index (χ1n) is 9.06. The molecule has 0 bridgehead atoms. The Kier molecular flexibility index (Phi) is 4.52. The monoisotopic (exact) mass is 379 g/mol. The summed E-state index contributed by atoms with van der Waals surface area (Å²) in [6.07, 6.45) is 0.552. The number of phenols is 3. The van der Waals surface area contributed by atoms with Gasteiger partial charge in [-0.15, -0.1) is 0 Å². The lowest BCUT2D eigenvalue weighted by molar-refractivity contribution is 0.236. The highest BCUT2D eigenvalue weighted by Gasteiger charge is 2.23. The van der Waals surface area contributed by atoms with Crippen LogP contribution in [0.4, 0.5) is 0 Å². The summed E-state index contributed by atoms with van der Waals surface area (Å²) in [6, 6.07) is 10.7. The predicted molar refractivity (Wildman–Crippen MR) is 104 cm³/mol. The Morgan fingerprint density at radius 1 is 1.07 bits per heavy atom. The van der Waals surface area contributed by atoms with Gasteiger partial charge < -0.3 is 20.3 Å². The maximum atomic E-state index is 12.5. The Morgan fingerprint density at radius 2 is 1.82 bits per heavy atom. The SMILES string of the molecule is Cc1ccc(-c2nc3c(c(=O)[nH]2)CCN(Cc2ccc(O)c(O)c2O)C3)cc1. The molecule has 1 aliphatic rings. The van der Waals surface area contributed by atoms with Crippen LogP contribution in [0.3, 0.4) is 0 Å². The van der Waals surface area contributed by atoms with E-state index in [0.29, 0.717) is 48.7 Å². The number of aryl methyl sites for hydroxylation is 1. The van der Waals surface area contributed by atoms with E-state index in [1.807, 2.05) is 36.1 Å². The summed E-state index contributed by atoms with van der Waals surface area (Å²) in [4.78, 5) is 22.1. The summed E-state index contributed by atoms with van der Waals surface area (Å²) in [7, 11) is 0. The molecule has 0 fully saturated rings. The van der Waals surface area contributed by atoms with E-state index in [0.717, 1.165) is 11.1 Å². The molecule has 2 heterocycles. The van der Waals surface area contributed by atoms with Gasteiger partial charge in [0.25, 0.3) is 5.56 Å². The quantitative estimate of drug-likeness (QED) is 0.520. The van der Waals surface area contributed by atoms with Gasteiger partial charge in [0, 0.05) is 36.3 Å². The first-order valence-corrected chi connectivity index (χ1v) is 9.06. The van der Waals surface area contributed by atoms with Gasteiger partial charge in [-0.05, 0) is 19.4 Å². The number of nitrogens with one attached hydrogen (secondary N) is 1. The molecule has 4 N–H and O–H groups in total. The minimum absolute atomic E-state index is 0.120. The van der Waals surface area contributed by atoms with Crippen LogP contribution in [0.15, 0.2) is 41.2 Å². The van der Waals surface area contributed by atoms with Crippen LogP contribution in [0.5, 0.6) is 17.2 Å². The van der Waals surface area contributed by atoms with Crippen molar-refractivity contribution >= 4 is 0 Å². The number of nitrogens with zero attached hydrogens (tertiary/aromatic N) is 2. The van der Waals surface area contributed by atoms with Crippen LogP contribution >= 0.6 is 0 Å². The van der Waals surface area contributed by atoms with E-state index in [1.54, 1.807) is 6.07 Å². The Labute approximate surface area is 161 Å². The van der Waals surface area contributed by atoms with Gasteiger partial charge in [-0.1, -0.05) is 35.9 Å². The van der Waals surface area contributed by atoms with Gasteiger partial charge in [0.1, 0.15) is 5.82 Å². The topological polar surface area (TPSA) is 110 Å². The number of aromatic nitrogens is 2. The van der Waals surface area contributed by atoms with Gasteiger partial charge in [0.15, 0.2) is 11.5 Å². The zero-order valence-electron chi connectivity index (χ0n) is 15.4. The third-order valence-corrected chi connectivity index (χ3v) is 5.08. The predicted octanol–water partition coefficient (Wildman–Crippen LogP) is 2.42. The molecule has 3 aromatic rings. The van der Waals surface area contributed by atoms with E-state index < -0.39 is 5.75 Å². The fourth-order valence-corrected chi connectivity index (χ4v) is 3.46. The lowest BCUT2D eigenvalue weighted by Crippen LogP contribution is -2.35. The average Bonchev–Trinajstić information content (AvgIpc) is 2.69. The van der Waals surface area contributed by atoms with Crippen molar-refractivity contribution in [1.29, 1.82) is 0 Å². The molecule has 0 unspecified atom stereocenters. The number of hydrogen-bond donors (Lipinski definition) is 4. The fourth-order valence-electron chi connectivity index (χ4n) is 3.46. The summed E-state index contributed by atoms with van der Waals surface area (Å²) in [5.41, 5.74) is 3.77. The molecule has 0 aliphatic carbocycles. The van der Waals surface area contributed by atoms with Crippen LogP contribution in [0.1, 0.15) is 22.4 Å². The highest BCUT2D eigenvalue weighted by Crippen LogP contribution is 2.37. The third kappa shape index (κ3) is 3.32. The molecule has 144 valence electrons. The summed E-state index contributed by atoms with van der Waals surface area (Å²) in [5.74, 6) is -0.673. The van der Waals surface area contributed by atoms with Crippen LogP contribution in [0.25, 0.3) is 11.4 Å². The number of rotatable bonds is 3. The molecule has 28 heavy (non-hydrogen) atoms. The summed E-state index contributed by atoms with van der Waals surface area (Å²) >= 11 is 0. The van der Waals surface area contributed by atoms with Gasteiger partial charge >= 0.3 is 0 Å². The minimum atomic E-state index is -0.522. The Hall–Kier alpha value is -3.32. The summed E-state index contributed by atoms with van der Waals surface area (Å²) in [6.45, 7) is 3.45. The minimum Gasteiger partial charge on any atom is -0.504 e. The third-order valence-electron chi connectivity index (χ3n) is 5.08. The van der Waals surface area contributed by atoms with E-state index in [4.69, 9.17) is 0 Å². The second-order valence-electron chi connectivity index (χ2n) is 7.11. The normalized spacial score (nSPS) is 14.0. The average molecular weight is 379 g/mol. The zero-order valence-corrected chi connectivity index (χ0v) is 15.4. The second kappa shape index (κ2) is 7.01. The van der Waals surface area contributed by atoms with E-state index in [2.05, 4.69) is 9.97 Å². The molecule has 1 aromatic heterocycles. The molecule has 0 radical (unpaired) electrons. The van der Waals surface area contributed by atoms with E-state index in [-0.39, 0.29) is 17.1 Å². The molecule has 2 aromatic carbocycles. The lowest BCUT2D eigenvalue weighted by Gasteiger charge is -2.28. The first kappa shape index (κ1) is 18.1. The summed E-state index contributed by atoms with van der Waals surface area (Å²) < 4.78 is 0. The highest BCUT2D eigenvalue weighted by atomic mass is 16.3. The van der Waals surface area contributed by atoms with Crippen molar-refractivity contribution in [3.05, 3.63) is 69.1 Å². The van der Waals surface area contributed by atoms with E-state index >= 15 is 0 Å². The molecular weight excluding hydrogens is 358 g/mol. The number of H-pyrrole nitrogens is 1. The van der Waals surface area contributed by atoms with Gasteiger partial charge in [0.05, 0.1) is 5.69 Å². The number of hydrogen-bond acceptors (Lipinski definition) is 6. The standard InChI is InChI=1S/C21H21N3O4/c1-12-2-4-13(5-3-12)20-22-16-11-24(9-8-15(16)21(28)23-20)10-14-6-7-17(25)19(27)18(14)26/h2-7,25-27H,8-11H2,1H3,(H,22,23,28). The van der Waals surface area contributed by atoms with Crippen molar-refractivity contribution in [1.82, 2.24) is 14.9 Å². The Balaban J connectivity index is 1.62. The van der Waals surface area contributed by atoms with Gasteiger partial charge in [-0.25, -0.2) is 4.98 Å². The van der Waals surface area contributed by atoms with Gasteiger partial charge in [-0.2, -0.15) is 0 Å².